The van der Waals surface area contributed by atoms with Crippen molar-refractivity contribution in [2.75, 3.05) is 19.8 Å². The van der Waals surface area contributed by atoms with Crippen LogP contribution < -0.4 is 10.6 Å². The highest BCUT2D eigenvalue weighted by atomic mass is 16.5. The summed E-state index contributed by atoms with van der Waals surface area (Å²) in [7, 11) is 0. The fourth-order valence-electron chi connectivity index (χ4n) is 2.08. The molecular weight excluding hydrogens is 244 g/mol. The molecule has 1 aromatic rings. The number of carbonyl (C=O) groups is 1. The maximum absolute atomic E-state index is 12.1. The van der Waals surface area contributed by atoms with Gasteiger partial charge in [-0.25, -0.2) is 9.97 Å². The second kappa shape index (κ2) is 7.16. The lowest BCUT2D eigenvalue weighted by Gasteiger charge is -2.18. The summed E-state index contributed by atoms with van der Waals surface area (Å²) in [4.78, 5) is 20.0. The van der Waals surface area contributed by atoms with Crippen LogP contribution in [0.1, 0.15) is 19.0 Å². The Morgan fingerprint density at radius 3 is 3.16 bits per heavy atom. The molecule has 1 aromatic heterocycles. The Balaban J connectivity index is 1.82. The molecule has 0 spiro atoms. The molecule has 1 saturated heterocycles. The summed E-state index contributed by atoms with van der Waals surface area (Å²) in [5, 5.41) is 6.25. The smallest absolute Gasteiger partial charge is 0.227 e. The minimum Gasteiger partial charge on any atom is -0.379 e. The minimum absolute atomic E-state index is 0.0183. The van der Waals surface area contributed by atoms with E-state index in [1.807, 2.05) is 0 Å². The molecule has 1 amide bonds. The number of rotatable bonds is 6. The summed E-state index contributed by atoms with van der Waals surface area (Å²) < 4.78 is 5.39. The van der Waals surface area contributed by atoms with Crippen LogP contribution >= 0.6 is 0 Å². The van der Waals surface area contributed by atoms with E-state index in [0.717, 1.165) is 18.7 Å². The van der Waals surface area contributed by atoms with Crippen LogP contribution in [-0.2, 0) is 16.1 Å². The molecule has 6 nitrogen and oxygen atoms in total. The molecule has 6 heteroatoms. The van der Waals surface area contributed by atoms with Crippen LogP contribution in [-0.4, -0.2) is 41.7 Å². The molecule has 0 aliphatic carbocycles. The Hall–Kier alpha value is -1.53. The van der Waals surface area contributed by atoms with Gasteiger partial charge in [-0.3, -0.25) is 4.79 Å². The molecule has 0 aromatic carbocycles. The van der Waals surface area contributed by atoms with E-state index in [2.05, 4.69) is 27.5 Å². The highest BCUT2D eigenvalue weighted by molar-refractivity contribution is 5.79. The minimum atomic E-state index is -0.117. The van der Waals surface area contributed by atoms with Gasteiger partial charge in [0.1, 0.15) is 6.33 Å². The average molecular weight is 264 g/mol. The van der Waals surface area contributed by atoms with Crippen molar-refractivity contribution < 1.29 is 9.53 Å². The molecule has 2 rings (SSSR count). The van der Waals surface area contributed by atoms with Gasteiger partial charge in [0, 0.05) is 12.2 Å². The maximum Gasteiger partial charge on any atom is 0.227 e. The number of nitrogens with zero attached hydrogens (tertiary/aromatic N) is 2. The van der Waals surface area contributed by atoms with Gasteiger partial charge in [0.25, 0.3) is 0 Å². The van der Waals surface area contributed by atoms with Gasteiger partial charge in [0.2, 0.25) is 5.91 Å². The van der Waals surface area contributed by atoms with Crippen LogP contribution in [0.25, 0.3) is 0 Å². The second-order valence-electron chi connectivity index (χ2n) is 4.62. The van der Waals surface area contributed by atoms with Gasteiger partial charge in [0.15, 0.2) is 0 Å². The first-order valence-electron chi connectivity index (χ1n) is 6.65. The first kappa shape index (κ1) is 13.9. The molecule has 2 unspecified atom stereocenters. The van der Waals surface area contributed by atoms with E-state index >= 15 is 0 Å². The summed E-state index contributed by atoms with van der Waals surface area (Å²) in [6.45, 7) is 4.53. The third-order valence-electron chi connectivity index (χ3n) is 3.16. The van der Waals surface area contributed by atoms with Crippen molar-refractivity contribution >= 4 is 5.91 Å². The quantitative estimate of drug-likeness (QED) is 0.762. The first-order valence-corrected chi connectivity index (χ1v) is 6.65. The topological polar surface area (TPSA) is 76.1 Å². The Bertz CT molecular complexity index is 399. The zero-order valence-electron chi connectivity index (χ0n) is 11.1. The van der Waals surface area contributed by atoms with Crippen molar-refractivity contribution in [1.82, 2.24) is 20.6 Å². The molecule has 19 heavy (non-hydrogen) atoms. The van der Waals surface area contributed by atoms with Crippen LogP contribution in [0.5, 0.6) is 0 Å². The van der Waals surface area contributed by atoms with E-state index in [-0.39, 0.29) is 17.9 Å². The number of nitrogens with one attached hydrogen (secondary N) is 2. The van der Waals surface area contributed by atoms with Gasteiger partial charge in [0.05, 0.1) is 31.4 Å². The predicted molar refractivity (Wildman–Crippen MR) is 70.3 cm³/mol. The molecule has 1 aliphatic heterocycles. The van der Waals surface area contributed by atoms with E-state index in [0.29, 0.717) is 19.8 Å². The third kappa shape index (κ3) is 3.97. The highest BCUT2D eigenvalue weighted by Gasteiger charge is 2.33. The van der Waals surface area contributed by atoms with Crippen molar-refractivity contribution in [3.8, 4) is 0 Å². The third-order valence-corrected chi connectivity index (χ3v) is 3.16. The molecule has 0 radical (unpaired) electrons. The summed E-state index contributed by atoms with van der Waals surface area (Å²) in [6, 6.07) is 1.91. The average Bonchev–Trinajstić information content (AvgIpc) is 2.92. The largest absolute Gasteiger partial charge is 0.379 e. The predicted octanol–water partition coefficient (Wildman–Crippen LogP) is 0.107. The molecule has 1 fully saturated rings. The normalized spacial score (nSPS) is 22.4. The number of hydrogen-bond acceptors (Lipinski definition) is 5. The number of amides is 1. The lowest BCUT2D eigenvalue weighted by molar-refractivity contribution is -0.125. The number of aromatic nitrogens is 2. The van der Waals surface area contributed by atoms with E-state index < -0.39 is 0 Å². The lowest BCUT2D eigenvalue weighted by Crippen LogP contribution is -2.44. The van der Waals surface area contributed by atoms with Crippen LogP contribution in [0.3, 0.4) is 0 Å². The maximum atomic E-state index is 12.1. The fraction of sp³-hybridized carbons (Fsp3) is 0.615. The summed E-state index contributed by atoms with van der Waals surface area (Å²) >= 11 is 0. The van der Waals surface area contributed by atoms with Gasteiger partial charge < -0.3 is 15.4 Å². The van der Waals surface area contributed by atoms with Crippen molar-refractivity contribution in [2.45, 2.75) is 25.9 Å². The number of carbonyl (C=O) groups excluding carboxylic acids is 1. The molecule has 1 aliphatic rings. The molecular formula is C13H20N4O2. The van der Waals surface area contributed by atoms with Crippen molar-refractivity contribution in [1.29, 1.82) is 0 Å². The van der Waals surface area contributed by atoms with Crippen molar-refractivity contribution in [3.05, 3.63) is 24.3 Å². The van der Waals surface area contributed by atoms with E-state index in [4.69, 9.17) is 4.74 Å². The van der Waals surface area contributed by atoms with Gasteiger partial charge in [-0.05, 0) is 19.0 Å². The Morgan fingerprint density at radius 2 is 2.42 bits per heavy atom. The monoisotopic (exact) mass is 264 g/mol. The van der Waals surface area contributed by atoms with Crippen LogP contribution in [0.15, 0.2) is 18.6 Å². The van der Waals surface area contributed by atoms with Gasteiger partial charge in [-0.2, -0.15) is 0 Å². The Kier molecular flexibility index (Phi) is 5.23. The standard InChI is InChI=1S/C13H20N4O2/c1-2-4-15-12-8-19-7-11(12)13(18)16-6-10-3-5-14-9-17-10/h3,5,9,11-12,15H,2,4,6-8H2,1H3,(H,16,18). The van der Waals surface area contributed by atoms with E-state index in [1.165, 1.54) is 6.33 Å². The van der Waals surface area contributed by atoms with Crippen molar-refractivity contribution in [2.24, 2.45) is 5.92 Å². The SMILES string of the molecule is CCCNC1COCC1C(=O)NCc1ccncn1. The molecule has 104 valence electrons. The van der Waals surface area contributed by atoms with E-state index in [9.17, 15) is 4.79 Å². The summed E-state index contributed by atoms with van der Waals surface area (Å²) in [6.07, 6.45) is 4.19. The Morgan fingerprint density at radius 1 is 1.53 bits per heavy atom. The lowest BCUT2D eigenvalue weighted by atomic mass is 10.0. The summed E-state index contributed by atoms with van der Waals surface area (Å²) in [5.74, 6) is -0.0990. The zero-order chi connectivity index (χ0) is 13.5. The number of hydrogen-bond donors (Lipinski definition) is 2. The number of ether oxygens (including phenoxy) is 1. The van der Waals surface area contributed by atoms with Crippen LogP contribution in [0.2, 0.25) is 0 Å². The molecule has 0 saturated carbocycles. The van der Waals surface area contributed by atoms with Crippen LogP contribution in [0, 0.1) is 5.92 Å². The first-order chi connectivity index (χ1) is 9.31. The fourth-order valence-corrected chi connectivity index (χ4v) is 2.08. The molecule has 2 N–H and O–H groups in total. The molecule has 2 atom stereocenters. The summed E-state index contributed by atoms with van der Waals surface area (Å²) in [5.41, 5.74) is 0.806. The van der Waals surface area contributed by atoms with Gasteiger partial charge in [-0.1, -0.05) is 6.92 Å². The zero-order valence-corrected chi connectivity index (χ0v) is 11.1. The van der Waals surface area contributed by atoms with Crippen LogP contribution in [0.4, 0.5) is 0 Å². The molecule has 2 heterocycles. The second-order valence-corrected chi connectivity index (χ2v) is 4.62. The van der Waals surface area contributed by atoms with Crippen molar-refractivity contribution in [3.63, 3.8) is 0 Å². The molecule has 0 bridgehead atoms. The van der Waals surface area contributed by atoms with E-state index in [1.54, 1.807) is 12.3 Å². The Labute approximate surface area is 113 Å². The van der Waals surface area contributed by atoms with Gasteiger partial charge in [-0.15, -0.1) is 0 Å². The van der Waals surface area contributed by atoms with Gasteiger partial charge >= 0.3 is 0 Å². The highest BCUT2D eigenvalue weighted by Crippen LogP contribution is 2.14.